The van der Waals surface area contributed by atoms with Crippen LogP contribution in [0.1, 0.15) is 33.1 Å². The van der Waals surface area contributed by atoms with Gasteiger partial charge in [0.1, 0.15) is 12.7 Å². The van der Waals surface area contributed by atoms with Crippen molar-refractivity contribution in [3.8, 4) is 5.69 Å². The summed E-state index contributed by atoms with van der Waals surface area (Å²) in [4.78, 5) is 0. The summed E-state index contributed by atoms with van der Waals surface area (Å²) in [5.74, 6) is 0. The van der Waals surface area contributed by atoms with E-state index < -0.39 is 0 Å². The molecule has 1 atom stereocenters. The lowest BCUT2D eigenvalue weighted by Crippen LogP contribution is -2.14. The topological polar surface area (TPSA) is 42.7 Å². The molecule has 1 aromatic heterocycles. The van der Waals surface area contributed by atoms with Crippen LogP contribution in [0.4, 0.5) is 5.69 Å². The lowest BCUT2D eigenvalue weighted by Gasteiger charge is -2.15. The van der Waals surface area contributed by atoms with Crippen molar-refractivity contribution in [3.05, 3.63) is 36.9 Å². The van der Waals surface area contributed by atoms with E-state index in [1.807, 2.05) is 16.7 Å². The van der Waals surface area contributed by atoms with Gasteiger partial charge in [-0.15, -0.1) is 10.2 Å². The molecule has 18 heavy (non-hydrogen) atoms. The summed E-state index contributed by atoms with van der Waals surface area (Å²) in [6.45, 7) is 4.44. The van der Waals surface area contributed by atoms with Crippen molar-refractivity contribution in [2.75, 3.05) is 5.32 Å². The molecule has 0 aliphatic heterocycles. The van der Waals surface area contributed by atoms with Crippen LogP contribution in [0.5, 0.6) is 0 Å². The fourth-order valence-corrected chi connectivity index (χ4v) is 1.96. The van der Waals surface area contributed by atoms with Crippen LogP contribution in [0, 0.1) is 0 Å². The van der Waals surface area contributed by atoms with E-state index >= 15 is 0 Å². The van der Waals surface area contributed by atoms with Crippen LogP contribution in [0.3, 0.4) is 0 Å². The molecule has 1 unspecified atom stereocenters. The zero-order valence-corrected chi connectivity index (χ0v) is 11.0. The summed E-state index contributed by atoms with van der Waals surface area (Å²) < 4.78 is 1.90. The molecular formula is C14H20N4. The third kappa shape index (κ3) is 3.32. The minimum atomic E-state index is 0.501. The largest absolute Gasteiger partial charge is 0.383 e. The molecular weight excluding hydrogens is 224 g/mol. The maximum atomic E-state index is 3.82. The number of hydrogen-bond donors (Lipinski definition) is 1. The third-order valence-corrected chi connectivity index (χ3v) is 2.97. The zero-order chi connectivity index (χ0) is 12.8. The molecule has 96 valence electrons. The number of aromatic nitrogens is 3. The molecule has 0 fully saturated rings. The van der Waals surface area contributed by atoms with E-state index in [-0.39, 0.29) is 0 Å². The number of nitrogens with one attached hydrogen (secondary N) is 1. The molecule has 0 bridgehead atoms. The van der Waals surface area contributed by atoms with Gasteiger partial charge < -0.3 is 5.32 Å². The molecule has 1 aromatic carbocycles. The van der Waals surface area contributed by atoms with Gasteiger partial charge in [0, 0.05) is 11.7 Å². The normalized spacial score (nSPS) is 12.3. The number of benzene rings is 1. The lowest BCUT2D eigenvalue weighted by atomic mass is 10.1. The van der Waals surface area contributed by atoms with Crippen LogP contribution < -0.4 is 5.32 Å². The van der Waals surface area contributed by atoms with E-state index in [0.29, 0.717) is 6.04 Å². The Morgan fingerprint density at radius 2 is 2.06 bits per heavy atom. The lowest BCUT2D eigenvalue weighted by molar-refractivity contribution is 0.645. The van der Waals surface area contributed by atoms with Gasteiger partial charge >= 0.3 is 0 Å². The van der Waals surface area contributed by atoms with Crippen molar-refractivity contribution < 1.29 is 0 Å². The first kappa shape index (κ1) is 12.6. The number of unbranched alkanes of at least 4 members (excludes halogenated alkanes) is 1. The van der Waals surface area contributed by atoms with Crippen molar-refractivity contribution in [3.63, 3.8) is 0 Å². The van der Waals surface area contributed by atoms with E-state index in [1.54, 1.807) is 12.7 Å². The first-order valence-electron chi connectivity index (χ1n) is 6.51. The number of hydrogen-bond acceptors (Lipinski definition) is 3. The van der Waals surface area contributed by atoms with E-state index in [2.05, 4.69) is 41.5 Å². The van der Waals surface area contributed by atoms with Crippen LogP contribution in [0.15, 0.2) is 36.9 Å². The van der Waals surface area contributed by atoms with Gasteiger partial charge in [0.05, 0.1) is 5.69 Å². The van der Waals surface area contributed by atoms with E-state index in [9.17, 15) is 0 Å². The molecule has 1 heterocycles. The van der Waals surface area contributed by atoms with Gasteiger partial charge in [-0.2, -0.15) is 0 Å². The van der Waals surface area contributed by atoms with Gasteiger partial charge in [-0.3, -0.25) is 4.57 Å². The van der Waals surface area contributed by atoms with E-state index in [4.69, 9.17) is 0 Å². The Hall–Kier alpha value is -1.84. The monoisotopic (exact) mass is 244 g/mol. The van der Waals surface area contributed by atoms with Crippen LogP contribution in [0.25, 0.3) is 5.69 Å². The van der Waals surface area contributed by atoms with Gasteiger partial charge in [0.25, 0.3) is 0 Å². The molecule has 4 nitrogen and oxygen atoms in total. The Labute approximate surface area is 108 Å². The third-order valence-electron chi connectivity index (χ3n) is 2.97. The predicted octanol–water partition coefficient (Wildman–Crippen LogP) is 3.26. The van der Waals surface area contributed by atoms with Crippen molar-refractivity contribution in [2.24, 2.45) is 0 Å². The van der Waals surface area contributed by atoms with Crippen molar-refractivity contribution in [1.29, 1.82) is 0 Å². The average Bonchev–Trinajstić information content (AvgIpc) is 2.90. The van der Waals surface area contributed by atoms with Crippen LogP contribution >= 0.6 is 0 Å². The van der Waals surface area contributed by atoms with Crippen molar-refractivity contribution in [1.82, 2.24) is 14.8 Å². The van der Waals surface area contributed by atoms with Crippen molar-refractivity contribution >= 4 is 5.69 Å². The second kappa shape index (κ2) is 6.19. The second-order valence-electron chi connectivity index (χ2n) is 4.61. The first-order chi connectivity index (χ1) is 8.79. The number of anilines is 1. The SMILES string of the molecule is CCCCC(C)Nc1cccc(-n2cnnc2)c1. The molecule has 0 radical (unpaired) electrons. The fraction of sp³-hybridized carbons (Fsp3) is 0.429. The van der Waals surface area contributed by atoms with Crippen LogP contribution in [-0.2, 0) is 0 Å². The minimum absolute atomic E-state index is 0.501. The average molecular weight is 244 g/mol. The highest BCUT2D eigenvalue weighted by atomic mass is 15.2. The van der Waals surface area contributed by atoms with Crippen LogP contribution in [0.2, 0.25) is 0 Å². The highest BCUT2D eigenvalue weighted by Crippen LogP contribution is 2.16. The Morgan fingerprint density at radius 3 is 2.78 bits per heavy atom. The Kier molecular flexibility index (Phi) is 4.34. The smallest absolute Gasteiger partial charge is 0.123 e. The maximum absolute atomic E-state index is 3.82. The maximum Gasteiger partial charge on any atom is 0.123 e. The predicted molar refractivity (Wildman–Crippen MR) is 74.0 cm³/mol. The molecule has 0 spiro atoms. The van der Waals surface area contributed by atoms with E-state index in [0.717, 1.165) is 11.4 Å². The number of rotatable bonds is 6. The standard InChI is InChI=1S/C14H20N4/c1-3-4-6-12(2)17-13-7-5-8-14(9-13)18-10-15-16-11-18/h5,7-12,17H,3-4,6H2,1-2H3. The summed E-state index contributed by atoms with van der Waals surface area (Å²) in [5, 5.41) is 11.2. The molecule has 2 aromatic rings. The highest BCUT2D eigenvalue weighted by Gasteiger charge is 2.03. The Morgan fingerprint density at radius 1 is 1.28 bits per heavy atom. The first-order valence-corrected chi connectivity index (χ1v) is 6.51. The Bertz CT molecular complexity index is 464. The van der Waals surface area contributed by atoms with Crippen LogP contribution in [-0.4, -0.2) is 20.8 Å². The molecule has 0 amide bonds. The number of nitrogens with zero attached hydrogens (tertiary/aromatic N) is 3. The molecule has 0 saturated carbocycles. The fourth-order valence-electron chi connectivity index (χ4n) is 1.96. The molecule has 4 heteroatoms. The summed E-state index contributed by atoms with van der Waals surface area (Å²) in [6.07, 6.45) is 7.12. The minimum Gasteiger partial charge on any atom is -0.383 e. The molecule has 0 aliphatic rings. The molecule has 0 saturated heterocycles. The Balaban J connectivity index is 2.03. The summed E-state index contributed by atoms with van der Waals surface area (Å²) in [6, 6.07) is 8.80. The highest BCUT2D eigenvalue weighted by molar-refractivity contribution is 5.51. The quantitative estimate of drug-likeness (QED) is 0.848. The zero-order valence-electron chi connectivity index (χ0n) is 11.0. The van der Waals surface area contributed by atoms with Gasteiger partial charge in [-0.1, -0.05) is 25.8 Å². The molecule has 1 N–H and O–H groups in total. The van der Waals surface area contributed by atoms with Gasteiger partial charge in [-0.25, -0.2) is 0 Å². The van der Waals surface area contributed by atoms with Gasteiger partial charge in [0.2, 0.25) is 0 Å². The summed E-state index contributed by atoms with van der Waals surface area (Å²) in [7, 11) is 0. The summed E-state index contributed by atoms with van der Waals surface area (Å²) >= 11 is 0. The van der Waals surface area contributed by atoms with Crippen molar-refractivity contribution in [2.45, 2.75) is 39.2 Å². The van der Waals surface area contributed by atoms with Gasteiger partial charge in [-0.05, 0) is 31.5 Å². The van der Waals surface area contributed by atoms with E-state index in [1.165, 1.54) is 19.3 Å². The second-order valence-corrected chi connectivity index (χ2v) is 4.61. The van der Waals surface area contributed by atoms with Gasteiger partial charge in [0.15, 0.2) is 0 Å². The molecule has 0 aliphatic carbocycles. The molecule has 2 rings (SSSR count). The summed E-state index contributed by atoms with van der Waals surface area (Å²) in [5.41, 5.74) is 2.22.